The van der Waals surface area contributed by atoms with Crippen LogP contribution in [-0.4, -0.2) is 42.7 Å². The van der Waals surface area contributed by atoms with Gasteiger partial charge in [-0.2, -0.15) is 0 Å². The molecule has 0 fully saturated rings. The molecule has 2 unspecified atom stereocenters. The zero-order valence-electron chi connectivity index (χ0n) is 14.8. The van der Waals surface area contributed by atoms with Crippen LogP contribution in [0.25, 0.3) is 0 Å². The molecule has 9 heteroatoms. The third kappa shape index (κ3) is 19.0. The fraction of sp³-hybridized carbons (Fsp3) is 0.889. The fourth-order valence-corrected chi connectivity index (χ4v) is 3.14. The molecular weight excluding hydrogens is 381 g/mol. The Hall–Kier alpha value is -0.150. The average Bonchev–Trinajstić information content (AvgIpc) is 2.31. The summed E-state index contributed by atoms with van der Waals surface area (Å²) in [6.07, 6.45) is 0.803. The van der Waals surface area contributed by atoms with Crippen LogP contribution in [0, 0.1) is 11.8 Å². The Morgan fingerprint density at radius 2 is 1.56 bits per heavy atom. The van der Waals surface area contributed by atoms with Crippen molar-refractivity contribution in [1.82, 2.24) is 5.32 Å². The summed E-state index contributed by atoms with van der Waals surface area (Å²) in [6, 6.07) is 0. The van der Waals surface area contributed by atoms with Crippen LogP contribution in [0.3, 0.4) is 0 Å². The van der Waals surface area contributed by atoms with E-state index in [0.717, 1.165) is 0 Å². The zero-order valence-corrected chi connectivity index (χ0v) is 17.7. The number of esters is 1. The molecule has 0 aliphatic carbocycles. The number of nitrogens with one attached hydrogen (secondary N) is 1. The van der Waals surface area contributed by atoms with E-state index in [4.69, 9.17) is 4.74 Å². The number of carbonyl (C=O) groups excluding carboxylic acids is 2. The van der Waals surface area contributed by atoms with E-state index in [-0.39, 0.29) is 77.7 Å². The van der Waals surface area contributed by atoms with Crippen LogP contribution >= 0.6 is 0 Å². The topological polar surface area (TPSA) is 113 Å². The first-order valence-corrected chi connectivity index (χ1v) is 8.91. The molecule has 2 atom stereocenters. The zero-order chi connectivity index (χ0) is 17.6. The largest absolute Gasteiger partial charge is 1.00 e. The van der Waals surface area contributed by atoms with E-state index in [1.807, 2.05) is 0 Å². The van der Waals surface area contributed by atoms with E-state index < -0.39 is 33.2 Å². The van der Waals surface area contributed by atoms with Gasteiger partial charge in [0, 0.05) is 11.5 Å². The van der Waals surface area contributed by atoms with Gasteiger partial charge in [-0.1, -0.05) is 43.6 Å². The SMILES string of the molecule is C.C.C.C.CCOC(=O)C(C)CC(CC)C(=O)NC(C)(C)CS(=O)(=O)[O-].[Na+]. The van der Waals surface area contributed by atoms with E-state index in [0.29, 0.717) is 12.8 Å². The number of rotatable bonds is 9. The van der Waals surface area contributed by atoms with Crippen molar-refractivity contribution in [3.8, 4) is 0 Å². The normalized spacial score (nSPS) is 12.2. The van der Waals surface area contributed by atoms with Gasteiger partial charge in [-0.05, 0) is 33.6 Å². The van der Waals surface area contributed by atoms with Gasteiger partial charge in [-0.3, -0.25) is 9.59 Å². The van der Waals surface area contributed by atoms with Crippen molar-refractivity contribution in [3.05, 3.63) is 0 Å². The standard InChI is InChI=1S/C14H27NO6S.4CH4.Na/c1-6-11(8-10(3)13(17)21-7-2)12(16)15-14(4,5)9-22(18,19)20;;;;;/h10-11H,6-9H2,1-5H3,(H,15,16)(H,18,19,20);4*1H4;/q;;;;;+1/p-1. The maximum absolute atomic E-state index is 12.2. The molecule has 0 radical (unpaired) electrons. The molecule has 0 saturated carbocycles. The van der Waals surface area contributed by atoms with Crippen LogP contribution in [0.2, 0.25) is 0 Å². The molecule has 0 spiro atoms. The number of carbonyl (C=O) groups is 2. The molecule has 0 aliphatic rings. The maximum Gasteiger partial charge on any atom is 1.00 e. The van der Waals surface area contributed by atoms with Gasteiger partial charge in [0.2, 0.25) is 5.91 Å². The Labute approximate surface area is 190 Å². The van der Waals surface area contributed by atoms with Gasteiger partial charge >= 0.3 is 35.5 Å². The summed E-state index contributed by atoms with van der Waals surface area (Å²) in [5.41, 5.74) is -1.15. The van der Waals surface area contributed by atoms with E-state index >= 15 is 0 Å². The van der Waals surface area contributed by atoms with Gasteiger partial charge in [-0.15, -0.1) is 0 Å². The summed E-state index contributed by atoms with van der Waals surface area (Å²) in [7, 11) is -4.44. The minimum Gasteiger partial charge on any atom is -0.748 e. The molecule has 27 heavy (non-hydrogen) atoms. The van der Waals surface area contributed by atoms with Gasteiger partial charge in [0.1, 0.15) is 0 Å². The van der Waals surface area contributed by atoms with E-state index in [2.05, 4.69) is 5.32 Å². The van der Waals surface area contributed by atoms with Crippen LogP contribution in [0.15, 0.2) is 0 Å². The van der Waals surface area contributed by atoms with Gasteiger partial charge in [0.15, 0.2) is 0 Å². The molecule has 0 aromatic heterocycles. The summed E-state index contributed by atoms with van der Waals surface area (Å²) < 4.78 is 37.4. The maximum atomic E-state index is 12.2. The molecular formula is C18H42NNaO6S. The van der Waals surface area contributed by atoms with E-state index in [9.17, 15) is 22.6 Å². The van der Waals surface area contributed by atoms with Crippen LogP contribution in [0.4, 0.5) is 0 Å². The first-order valence-electron chi connectivity index (χ1n) is 7.34. The molecule has 0 aromatic carbocycles. The second kappa shape index (κ2) is 17.9. The quantitative estimate of drug-likeness (QED) is 0.330. The van der Waals surface area contributed by atoms with Crippen molar-refractivity contribution < 1.29 is 56.9 Å². The van der Waals surface area contributed by atoms with Gasteiger partial charge in [0.05, 0.1) is 28.4 Å². The molecule has 162 valence electrons. The van der Waals surface area contributed by atoms with Crippen LogP contribution in [0.5, 0.6) is 0 Å². The summed E-state index contributed by atoms with van der Waals surface area (Å²) in [5.74, 6) is -2.30. The summed E-state index contributed by atoms with van der Waals surface area (Å²) >= 11 is 0. The Bertz CT molecular complexity index is 494. The fourth-order valence-electron chi connectivity index (χ4n) is 2.18. The number of hydrogen-bond donors (Lipinski definition) is 1. The Balaban J connectivity index is -0.000000220. The summed E-state index contributed by atoms with van der Waals surface area (Å²) in [5, 5.41) is 2.57. The molecule has 0 aromatic rings. The summed E-state index contributed by atoms with van der Waals surface area (Å²) in [6.45, 7) is 8.42. The van der Waals surface area contributed by atoms with Crippen LogP contribution in [-0.2, 0) is 24.4 Å². The summed E-state index contributed by atoms with van der Waals surface area (Å²) in [4.78, 5) is 23.8. The number of hydrogen-bond acceptors (Lipinski definition) is 6. The smallest absolute Gasteiger partial charge is 0.748 e. The molecule has 0 saturated heterocycles. The van der Waals surface area contributed by atoms with Crippen molar-refractivity contribution >= 4 is 22.0 Å². The molecule has 1 N–H and O–H groups in total. The number of amides is 1. The second-order valence-electron chi connectivity index (χ2n) is 6.07. The van der Waals surface area contributed by atoms with Gasteiger partial charge < -0.3 is 14.6 Å². The predicted octanol–water partition coefficient (Wildman–Crippen LogP) is 0.590. The Morgan fingerprint density at radius 3 is 1.89 bits per heavy atom. The van der Waals surface area contributed by atoms with Crippen molar-refractivity contribution in [3.63, 3.8) is 0 Å². The van der Waals surface area contributed by atoms with E-state index in [1.165, 1.54) is 13.8 Å². The number of ether oxygens (including phenoxy) is 1. The average molecular weight is 424 g/mol. The van der Waals surface area contributed by atoms with E-state index in [1.54, 1.807) is 20.8 Å². The molecule has 0 rings (SSSR count). The minimum absolute atomic E-state index is 0. The predicted molar refractivity (Wildman–Crippen MR) is 108 cm³/mol. The molecule has 0 heterocycles. The van der Waals surface area contributed by atoms with Crippen LogP contribution in [0.1, 0.15) is 77.2 Å². The van der Waals surface area contributed by atoms with Crippen molar-refractivity contribution in [2.75, 3.05) is 12.4 Å². The third-order valence-electron chi connectivity index (χ3n) is 3.19. The molecule has 1 amide bonds. The minimum atomic E-state index is -4.44. The first-order chi connectivity index (χ1) is 9.91. The van der Waals surface area contributed by atoms with Crippen LogP contribution < -0.4 is 34.9 Å². The van der Waals surface area contributed by atoms with Crippen molar-refractivity contribution in [1.29, 1.82) is 0 Å². The molecule has 7 nitrogen and oxygen atoms in total. The van der Waals surface area contributed by atoms with Crippen molar-refractivity contribution in [2.45, 2.75) is 82.7 Å². The first kappa shape index (κ1) is 41.3. The monoisotopic (exact) mass is 423 g/mol. The second-order valence-corrected chi connectivity index (χ2v) is 7.47. The Morgan fingerprint density at radius 1 is 1.11 bits per heavy atom. The molecule has 0 bridgehead atoms. The third-order valence-corrected chi connectivity index (χ3v) is 4.27. The van der Waals surface area contributed by atoms with Gasteiger partial charge in [-0.25, -0.2) is 8.42 Å². The Kier molecular flexibility index (Phi) is 27.4. The molecule has 0 aliphatic heterocycles. The van der Waals surface area contributed by atoms with Gasteiger partial charge in [0.25, 0.3) is 0 Å². The van der Waals surface area contributed by atoms with Crippen molar-refractivity contribution in [2.24, 2.45) is 11.8 Å².